The first-order valence-corrected chi connectivity index (χ1v) is 12.9. The number of halogens is 1. The summed E-state index contributed by atoms with van der Waals surface area (Å²) in [6, 6.07) is 17.1. The number of aromatic amines is 1. The highest BCUT2D eigenvalue weighted by molar-refractivity contribution is 6.30. The minimum absolute atomic E-state index is 0.119. The van der Waals surface area contributed by atoms with Crippen molar-refractivity contribution in [2.24, 2.45) is 0 Å². The molecule has 1 aliphatic carbocycles. The van der Waals surface area contributed by atoms with Gasteiger partial charge in [0, 0.05) is 11.1 Å². The van der Waals surface area contributed by atoms with Crippen LogP contribution in [0, 0.1) is 13.8 Å². The molecule has 5 aromatic rings. The summed E-state index contributed by atoms with van der Waals surface area (Å²) in [5.74, 6) is 0.496. The van der Waals surface area contributed by atoms with Crippen LogP contribution < -0.4 is 10.9 Å². The molecule has 0 aliphatic heterocycles. The van der Waals surface area contributed by atoms with Gasteiger partial charge in [-0.2, -0.15) is 19.9 Å². The van der Waals surface area contributed by atoms with E-state index in [9.17, 15) is 9.59 Å². The number of hydrogen-bond acceptors (Lipinski definition) is 5. The Bertz CT molecular complexity index is 1730. The third-order valence-corrected chi connectivity index (χ3v) is 7.49. The lowest BCUT2D eigenvalue weighted by Gasteiger charge is -2.28. The molecule has 3 aromatic heterocycles. The van der Waals surface area contributed by atoms with Gasteiger partial charge in [-0.25, -0.2) is 4.68 Å². The molecule has 10 heteroatoms. The molecular weight excluding hydrogens is 502 g/mol. The molecule has 1 aliphatic rings. The number of anilines is 1. The molecule has 192 valence electrons. The van der Waals surface area contributed by atoms with Gasteiger partial charge in [-0.3, -0.25) is 14.6 Å². The van der Waals surface area contributed by atoms with Crippen LogP contribution in [0.1, 0.15) is 42.5 Å². The second-order valence-corrected chi connectivity index (χ2v) is 10.3. The number of carbonyl (C=O) groups is 1. The van der Waals surface area contributed by atoms with Crippen LogP contribution in [0.5, 0.6) is 0 Å². The van der Waals surface area contributed by atoms with Gasteiger partial charge in [-0.05, 0) is 62.1 Å². The fourth-order valence-corrected chi connectivity index (χ4v) is 5.46. The molecule has 0 atom stereocenters. The molecule has 9 nitrogen and oxygen atoms in total. The second kappa shape index (κ2) is 9.25. The van der Waals surface area contributed by atoms with E-state index in [1.54, 1.807) is 10.7 Å². The molecule has 2 N–H and O–H groups in total. The monoisotopic (exact) mass is 527 g/mol. The summed E-state index contributed by atoms with van der Waals surface area (Å²) in [5, 5.41) is 13.0. The Morgan fingerprint density at radius 2 is 1.82 bits per heavy atom. The van der Waals surface area contributed by atoms with E-state index < -0.39 is 5.41 Å². The smallest absolute Gasteiger partial charge is 0.263 e. The van der Waals surface area contributed by atoms with Crippen molar-refractivity contribution in [2.75, 3.05) is 5.32 Å². The third kappa shape index (κ3) is 4.09. The molecule has 0 spiro atoms. The maximum absolute atomic E-state index is 13.8. The summed E-state index contributed by atoms with van der Waals surface area (Å²) in [7, 11) is 0. The number of nitrogens with zero attached hydrogens (tertiary/aromatic N) is 5. The van der Waals surface area contributed by atoms with Crippen molar-refractivity contribution >= 4 is 34.4 Å². The lowest BCUT2D eigenvalue weighted by atomic mass is 9.78. The van der Waals surface area contributed by atoms with Crippen LogP contribution in [0.2, 0.25) is 5.02 Å². The molecule has 1 amide bonds. The standard InChI is InChI=1S/C28H26ClN7O2/c1-17-6-5-7-21(14-17)35-24-22(16-30-35)25(37)33-27(32-24)36-23(15-18(2)34-36)31-26(38)28(12-3-4-13-28)19-8-10-20(29)11-9-19/h5-11,14-16H,3-4,12-13H2,1-2H3,(H,31,38)(H,32,33,37). The highest BCUT2D eigenvalue weighted by Crippen LogP contribution is 2.42. The topological polar surface area (TPSA) is 110 Å². The number of aryl methyl sites for hydroxylation is 2. The van der Waals surface area contributed by atoms with Crippen molar-refractivity contribution in [1.29, 1.82) is 0 Å². The molecule has 0 unspecified atom stereocenters. The lowest BCUT2D eigenvalue weighted by molar-refractivity contribution is -0.121. The predicted molar refractivity (Wildman–Crippen MR) is 146 cm³/mol. The lowest BCUT2D eigenvalue weighted by Crippen LogP contribution is -2.38. The van der Waals surface area contributed by atoms with Crippen molar-refractivity contribution in [1.82, 2.24) is 29.5 Å². The number of amides is 1. The van der Waals surface area contributed by atoms with Crippen molar-refractivity contribution < 1.29 is 4.79 Å². The van der Waals surface area contributed by atoms with Crippen LogP contribution in [0.4, 0.5) is 5.82 Å². The highest BCUT2D eigenvalue weighted by Gasteiger charge is 2.43. The summed E-state index contributed by atoms with van der Waals surface area (Å²) < 4.78 is 3.09. The minimum atomic E-state index is -0.665. The largest absolute Gasteiger partial charge is 0.310 e. The molecular formula is C28H26ClN7O2. The number of rotatable bonds is 5. The minimum Gasteiger partial charge on any atom is -0.310 e. The van der Waals surface area contributed by atoms with Crippen molar-refractivity contribution in [2.45, 2.75) is 44.9 Å². The van der Waals surface area contributed by atoms with Gasteiger partial charge in [0.05, 0.1) is 23.0 Å². The predicted octanol–water partition coefficient (Wildman–Crippen LogP) is 5.02. The second-order valence-electron chi connectivity index (χ2n) is 9.86. The fraction of sp³-hybridized carbons (Fsp3) is 0.250. The van der Waals surface area contributed by atoms with Gasteiger partial charge >= 0.3 is 0 Å². The van der Waals surface area contributed by atoms with E-state index in [0.717, 1.165) is 42.5 Å². The first-order chi connectivity index (χ1) is 18.3. The third-order valence-electron chi connectivity index (χ3n) is 7.23. The molecule has 38 heavy (non-hydrogen) atoms. The number of carbonyl (C=O) groups excluding carboxylic acids is 1. The Balaban J connectivity index is 1.41. The first kappa shape index (κ1) is 24.1. The van der Waals surface area contributed by atoms with E-state index >= 15 is 0 Å². The van der Waals surface area contributed by atoms with Crippen LogP contribution >= 0.6 is 11.6 Å². The summed E-state index contributed by atoms with van der Waals surface area (Å²) in [6.45, 7) is 3.81. The van der Waals surface area contributed by atoms with E-state index in [4.69, 9.17) is 16.6 Å². The first-order valence-electron chi connectivity index (χ1n) is 12.5. The maximum atomic E-state index is 13.8. The van der Waals surface area contributed by atoms with Gasteiger partial charge < -0.3 is 5.32 Å². The molecule has 2 aromatic carbocycles. The Kier molecular flexibility index (Phi) is 5.87. The maximum Gasteiger partial charge on any atom is 0.263 e. The average molecular weight is 528 g/mol. The molecule has 1 fully saturated rings. The number of hydrogen-bond donors (Lipinski definition) is 2. The van der Waals surface area contributed by atoms with Crippen LogP contribution in [0.3, 0.4) is 0 Å². The number of nitrogens with one attached hydrogen (secondary N) is 2. The summed E-state index contributed by atoms with van der Waals surface area (Å²) in [4.78, 5) is 34.4. The van der Waals surface area contributed by atoms with E-state index in [-0.39, 0.29) is 17.4 Å². The Morgan fingerprint density at radius 1 is 1.05 bits per heavy atom. The Labute approximate surface area is 223 Å². The number of fused-ring (bicyclic) bond motifs is 1. The zero-order chi connectivity index (χ0) is 26.4. The fourth-order valence-electron chi connectivity index (χ4n) is 5.34. The zero-order valence-corrected chi connectivity index (χ0v) is 21.8. The van der Waals surface area contributed by atoms with E-state index in [0.29, 0.717) is 27.6 Å². The number of aromatic nitrogens is 6. The van der Waals surface area contributed by atoms with Gasteiger partial charge in [0.2, 0.25) is 11.9 Å². The van der Waals surface area contributed by atoms with E-state index in [1.165, 1.54) is 10.9 Å². The summed E-state index contributed by atoms with van der Waals surface area (Å²) >= 11 is 6.11. The normalized spacial score (nSPS) is 14.7. The summed E-state index contributed by atoms with van der Waals surface area (Å²) in [6.07, 6.45) is 4.90. The zero-order valence-electron chi connectivity index (χ0n) is 21.0. The average Bonchev–Trinajstić information content (AvgIpc) is 3.63. The number of H-pyrrole nitrogens is 1. The Morgan fingerprint density at radius 3 is 2.55 bits per heavy atom. The van der Waals surface area contributed by atoms with Crippen LogP contribution in [0.15, 0.2) is 65.6 Å². The molecule has 0 saturated heterocycles. The summed E-state index contributed by atoms with van der Waals surface area (Å²) in [5.41, 5.74) is 2.85. The van der Waals surface area contributed by atoms with E-state index in [2.05, 4.69) is 20.5 Å². The van der Waals surface area contributed by atoms with Crippen LogP contribution in [-0.4, -0.2) is 35.4 Å². The Hall–Kier alpha value is -4.24. The van der Waals surface area contributed by atoms with Crippen LogP contribution in [0.25, 0.3) is 22.7 Å². The van der Waals surface area contributed by atoms with Gasteiger partial charge in [-0.1, -0.05) is 48.7 Å². The molecule has 6 rings (SSSR count). The van der Waals surface area contributed by atoms with E-state index in [1.807, 2.05) is 62.4 Å². The highest BCUT2D eigenvalue weighted by atomic mass is 35.5. The molecule has 3 heterocycles. The van der Waals surface area contributed by atoms with Gasteiger partial charge in [0.25, 0.3) is 5.56 Å². The van der Waals surface area contributed by atoms with Crippen molar-refractivity contribution in [3.8, 4) is 11.6 Å². The molecule has 0 bridgehead atoms. The van der Waals surface area contributed by atoms with Crippen molar-refractivity contribution in [3.63, 3.8) is 0 Å². The van der Waals surface area contributed by atoms with Crippen LogP contribution in [-0.2, 0) is 10.2 Å². The molecule has 1 saturated carbocycles. The van der Waals surface area contributed by atoms with Gasteiger partial charge in [0.1, 0.15) is 11.2 Å². The van der Waals surface area contributed by atoms with Gasteiger partial charge in [-0.15, -0.1) is 0 Å². The number of benzene rings is 2. The SMILES string of the molecule is Cc1cccc(-n2ncc3c(=O)[nH]c(-n4nc(C)cc4NC(=O)C4(c5ccc(Cl)cc5)CCCC4)nc32)c1. The molecule has 0 radical (unpaired) electrons. The quantitative estimate of drug-likeness (QED) is 0.333. The van der Waals surface area contributed by atoms with Crippen molar-refractivity contribution in [3.05, 3.63) is 93.0 Å². The van der Waals surface area contributed by atoms with Gasteiger partial charge in [0.15, 0.2) is 5.65 Å².